The number of urea groups is 1. The number of imide groups is 2. The quantitative estimate of drug-likeness (QED) is 0.365. The molecule has 0 spiro atoms. The van der Waals surface area contributed by atoms with E-state index in [-0.39, 0.29) is 30.2 Å². The Bertz CT molecular complexity index is 1330. The number of benzene rings is 2. The summed E-state index contributed by atoms with van der Waals surface area (Å²) in [5.74, 6) is -1.66. The molecule has 184 valence electrons. The van der Waals surface area contributed by atoms with Crippen LogP contribution >= 0.6 is 0 Å². The van der Waals surface area contributed by atoms with Crippen LogP contribution in [0.15, 0.2) is 70.9 Å². The lowest BCUT2D eigenvalue weighted by Crippen LogP contribution is -2.53. The fourth-order valence-electron chi connectivity index (χ4n) is 3.33. The summed E-state index contributed by atoms with van der Waals surface area (Å²) in [7, 11) is 1.39. The van der Waals surface area contributed by atoms with E-state index in [0.717, 1.165) is 4.90 Å². The summed E-state index contributed by atoms with van der Waals surface area (Å²) in [5.41, 5.74) is 0.574. The molecule has 1 aliphatic rings. The van der Waals surface area contributed by atoms with Gasteiger partial charge >= 0.3 is 6.03 Å². The van der Waals surface area contributed by atoms with Crippen molar-refractivity contribution in [2.24, 2.45) is 0 Å². The molecule has 0 aliphatic carbocycles. The topological polar surface area (TPSA) is 127 Å². The van der Waals surface area contributed by atoms with Crippen molar-refractivity contribution in [1.29, 1.82) is 0 Å². The maximum Gasteiger partial charge on any atom is 0.331 e. The van der Waals surface area contributed by atoms with Crippen molar-refractivity contribution in [3.63, 3.8) is 0 Å². The molecule has 1 saturated heterocycles. The van der Waals surface area contributed by atoms with Gasteiger partial charge in [-0.2, -0.15) is 0 Å². The average molecular weight is 493 g/mol. The lowest BCUT2D eigenvalue weighted by Gasteiger charge is -2.25. The monoisotopic (exact) mass is 493 g/mol. The number of ether oxygens (including phenoxy) is 2. The molecule has 0 unspecified atom stereocenters. The van der Waals surface area contributed by atoms with E-state index in [9.17, 15) is 23.6 Å². The first-order valence-electron chi connectivity index (χ1n) is 10.6. The van der Waals surface area contributed by atoms with Gasteiger partial charge in [0.2, 0.25) is 0 Å². The first-order valence-corrected chi connectivity index (χ1v) is 10.6. The van der Waals surface area contributed by atoms with Crippen LogP contribution in [0.25, 0.3) is 6.08 Å². The molecule has 2 heterocycles. The van der Waals surface area contributed by atoms with Crippen LogP contribution in [0.3, 0.4) is 0 Å². The Morgan fingerprint density at radius 1 is 1.11 bits per heavy atom. The predicted octanol–water partition coefficient (Wildman–Crippen LogP) is 3.11. The zero-order valence-corrected chi connectivity index (χ0v) is 18.9. The minimum atomic E-state index is -0.848. The van der Waals surface area contributed by atoms with E-state index in [4.69, 9.17) is 13.9 Å². The second-order valence-electron chi connectivity index (χ2n) is 7.54. The van der Waals surface area contributed by atoms with Crippen molar-refractivity contribution >= 4 is 35.5 Å². The number of halogens is 1. The zero-order chi connectivity index (χ0) is 25.7. The number of methoxy groups -OCH3 is 1. The number of hydrogen-bond acceptors (Lipinski definition) is 7. The lowest BCUT2D eigenvalue weighted by molar-refractivity contribution is -0.130. The summed E-state index contributed by atoms with van der Waals surface area (Å²) in [6.45, 7) is -0.489. The van der Waals surface area contributed by atoms with Crippen molar-refractivity contribution < 1.29 is 37.5 Å². The van der Waals surface area contributed by atoms with E-state index in [0.29, 0.717) is 17.0 Å². The van der Waals surface area contributed by atoms with Crippen molar-refractivity contribution in [1.82, 2.24) is 10.2 Å². The molecule has 10 nitrogen and oxygen atoms in total. The van der Waals surface area contributed by atoms with Gasteiger partial charge < -0.3 is 19.2 Å². The average Bonchev–Trinajstić information content (AvgIpc) is 3.38. The highest BCUT2D eigenvalue weighted by atomic mass is 19.1. The molecule has 5 amide bonds. The Balaban J connectivity index is 1.46. The molecule has 2 N–H and O–H groups in total. The highest BCUT2D eigenvalue weighted by molar-refractivity contribution is 6.30. The molecule has 36 heavy (non-hydrogen) atoms. The van der Waals surface area contributed by atoms with E-state index >= 15 is 0 Å². The van der Waals surface area contributed by atoms with Gasteiger partial charge in [0, 0.05) is 5.69 Å². The van der Waals surface area contributed by atoms with Gasteiger partial charge in [-0.3, -0.25) is 24.6 Å². The number of hydrogen-bond donors (Lipinski definition) is 2. The smallest absolute Gasteiger partial charge is 0.331 e. The lowest BCUT2D eigenvalue weighted by atomic mass is 10.1. The molecule has 1 aliphatic heterocycles. The Morgan fingerprint density at radius 3 is 2.58 bits per heavy atom. The molecule has 11 heteroatoms. The van der Waals surface area contributed by atoms with Crippen molar-refractivity contribution in [3.8, 4) is 11.5 Å². The van der Waals surface area contributed by atoms with Crippen LogP contribution in [0.4, 0.5) is 14.9 Å². The number of carbonyl (C=O) groups is 4. The van der Waals surface area contributed by atoms with E-state index in [1.54, 1.807) is 18.2 Å². The van der Waals surface area contributed by atoms with Gasteiger partial charge in [0.15, 0.2) is 18.1 Å². The minimum absolute atomic E-state index is 0.141. The van der Waals surface area contributed by atoms with Gasteiger partial charge in [0.1, 0.15) is 17.2 Å². The fraction of sp³-hybridized carbons (Fsp3) is 0.120. The van der Waals surface area contributed by atoms with Gasteiger partial charge in [0.05, 0.1) is 19.9 Å². The molecule has 3 aromatic rings. The molecule has 1 aromatic heterocycles. The molecule has 0 atom stereocenters. The van der Waals surface area contributed by atoms with Crippen LogP contribution in [0, 0.1) is 5.82 Å². The Morgan fingerprint density at radius 2 is 1.89 bits per heavy atom. The largest absolute Gasteiger partial charge is 0.493 e. The van der Waals surface area contributed by atoms with Gasteiger partial charge in [-0.1, -0.05) is 6.07 Å². The molecule has 0 saturated carbocycles. The standard InChI is InChI=1S/C25H20FN3O7/c1-34-21-12-15(4-9-20(21)36-14-22(30)27-17-7-5-16(26)6-8-17)11-19-23(31)28-25(33)29(24(19)32)13-18-3-2-10-35-18/h2-12H,13-14H2,1H3,(H,27,30)(H,28,31,33). The number of barbiturate groups is 1. The Labute approximate surface area is 204 Å². The van der Waals surface area contributed by atoms with Crippen molar-refractivity contribution in [2.75, 3.05) is 19.0 Å². The van der Waals surface area contributed by atoms with E-state index in [2.05, 4.69) is 10.6 Å². The second-order valence-corrected chi connectivity index (χ2v) is 7.54. The molecule has 0 radical (unpaired) electrons. The van der Waals surface area contributed by atoms with Crippen LogP contribution < -0.4 is 20.1 Å². The fourth-order valence-corrected chi connectivity index (χ4v) is 3.33. The van der Waals surface area contributed by atoms with Crippen LogP contribution in [0.5, 0.6) is 11.5 Å². The molecular formula is C25H20FN3O7. The molecule has 0 bridgehead atoms. The summed E-state index contributed by atoms with van der Waals surface area (Å²) < 4.78 is 29.0. The Kier molecular flexibility index (Phi) is 7.10. The van der Waals surface area contributed by atoms with E-state index < -0.39 is 29.6 Å². The molecule has 4 rings (SSSR count). The summed E-state index contributed by atoms with van der Waals surface area (Å²) in [4.78, 5) is 50.4. The SMILES string of the molecule is COc1cc(C=C2C(=O)NC(=O)N(Cc3ccco3)C2=O)ccc1OCC(=O)Nc1ccc(F)cc1. The Hall–Kier alpha value is -4.93. The summed E-state index contributed by atoms with van der Waals surface area (Å²) >= 11 is 0. The third kappa shape index (κ3) is 5.58. The van der Waals surface area contributed by atoms with Gasteiger partial charge in [-0.15, -0.1) is 0 Å². The van der Waals surface area contributed by atoms with Crippen LogP contribution in [-0.4, -0.2) is 42.4 Å². The third-order valence-corrected chi connectivity index (χ3v) is 5.07. The molecular weight excluding hydrogens is 473 g/mol. The number of nitrogens with zero attached hydrogens (tertiary/aromatic N) is 1. The first kappa shape index (κ1) is 24.2. The van der Waals surface area contributed by atoms with Gasteiger partial charge in [0.25, 0.3) is 17.7 Å². The zero-order valence-electron chi connectivity index (χ0n) is 18.9. The minimum Gasteiger partial charge on any atom is -0.493 e. The van der Waals surface area contributed by atoms with Gasteiger partial charge in [-0.25, -0.2) is 9.18 Å². The number of rotatable bonds is 8. The van der Waals surface area contributed by atoms with Crippen LogP contribution in [0.1, 0.15) is 11.3 Å². The van der Waals surface area contributed by atoms with Crippen molar-refractivity contribution in [2.45, 2.75) is 6.54 Å². The molecule has 1 fully saturated rings. The van der Waals surface area contributed by atoms with Crippen molar-refractivity contribution in [3.05, 3.63) is 83.6 Å². The summed E-state index contributed by atoms with van der Waals surface area (Å²) in [6, 6.07) is 12.2. The highest BCUT2D eigenvalue weighted by Crippen LogP contribution is 2.29. The number of anilines is 1. The van der Waals surface area contributed by atoms with Crippen LogP contribution in [-0.2, 0) is 20.9 Å². The van der Waals surface area contributed by atoms with E-state index in [1.807, 2.05) is 0 Å². The number of carbonyl (C=O) groups excluding carboxylic acids is 4. The number of amides is 5. The number of nitrogens with one attached hydrogen (secondary N) is 2. The predicted molar refractivity (Wildman–Crippen MR) is 124 cm³/mol. The maximum absolute atomic E-state index is 13.0. The van der Waals surface area contributed by atoms with Crippen LogP contribution in [0.2, 0.25) is 0 Å². The second kappa shape index (κ2) is 10.6. The third-order valence-electron chi connectivity index (χ3n) is 5.07. The normalized spacial score (nSPS) is 14.6. The summed E-state index contributed by atoms with van der Waals surface area (Å²) in [5, 5.41) is 4.71. The summed E-state index contributed by atoms with van der Waals surface area (Å²) in [6.07, 6.45) is 2.72. The van der Waals surface area contributed by atoms with E-state index in [1.165, 1.54) is 55.8 Å². The maximum atomic E-state index is 13.0. The number of furan rings is 1. The first-order chi connectivity index (χ1) is 17.3. The highest BCUT2D eigenvalue weighted by Gasteiger charge is 2.36. The van der Waals surface area contributed by atoms with Gasteiger partial charge in [-0.05, 0) is 60.2 Å². The molecule has 2 aromatic carbocycles.